The molecule has 1 N–H and O–H groups in total. The van der Waals surface area contributed by atoms with Crippen LogP contribution in [0, 0.1) is 0 Å². The van der Waals surface area contributed by atoms with Crippen LogP contribution in [0.1, 0.15) is 17.7 Å². The number of hydrogen-bond acceptors (Lipinski definition) is 4. The Hall–Kier alpha value is -2.43. The molecule has 0 spiro atoms. The third kappa shape index (κ3) is 5.02. The molecule has 1 aromatic heterocycles. The molecule has 0 radical (unpaired) electrons. The van der Waals surface area contributed by atoms with Crippen molar-refractivity contribution in [2.75, 3.05) is 6.61 Å². The number of aromatic nitrogens is 2. The van der Waals surface area contributed by atoms with Gasteiger partial charge in [-0.25, -0.2) is 0 Å². The van der Waals surface area contributed by atoms with E-state index in [0.717, 1.165) is 41.1 Å². The van der Waals surface area contributed by atoms with Crippen LogP contribution in [-0.2, 0) is 13.0 Å². The fraction of sp³-hybridized carbons (Fsp3) is 0.200. The minimum absolute atomic E-state index is 0.0466. The van der Waals surface area contributed by atoms with Gasteiger partial charge in [0.05, 0.1) is 24.6 Å². The van der Waals surface area contributed by atoms with E-state index in [1.807, 2.05) is 60.7 Å². The minimum atomic E-state index is 0.0466. The number of nitrogens with zero attached hydrogens (tertiary/aromatic N) is 2. The lowest BCUT2D eigenvalue weighted by molar-refractivity contribution is 0.281. The molecule has 0 aliphatic rings. The van der Waals surface area contributed by atoms with Gasteiger partial charge in [0, 0.05) is 10.6 Å². The average molecular weight is 355 g/mol. The van der Waals surface area contributed by atoms with E-state index in [1.165, 1.54) is 0 Å². The lowest BCUT2D eigenvalue weighted by Gasteiger charge is -2.07. The van der Waals surface area contributed by atoms with E-state index in [2.05, 4.69) is 10.2 Å². The van der Waals surface area contributed by atoms with Gasteiger partial charge in [0.2, 0.25) is 0 Å². The van der Waals surface area contributed by atoms with Crippen LogP contribution < -0.4 is 4.74 Å². The van der Waals surface area contributed by atoms with E-state index in [4.69, 9.17) is 21.4 Å². The van der Waals surface area contributed by atoms with Gasteiger partial charge in [0.15, 0.2) is 0 Å². The summed E-state index contributed by atoms with van der Waals surface area (Å²) in [5.41, 5.74) is 3.65. The van der Waals surface area contributed by atoms with Gasteiger partial charge in [-0.1, -0.05) is 35.9 Å². The Bertz CT molecular complexity index is 787. The van der Waals surface area contributed by atoms with Crippen molar-refractivity contribution in [1.82, 2.24) is 10.2 Å². The summed E-state index contributed by atoms with van der Waals surface area (Å²) < 4.78 is 5.69. The van der Waals surface area contributed by atoms with Gasteiger partial charge < -0.3 is 9.84 Å². The average Bonchev–Trinajstić information content (AvgIpc) is 2.67. The Morgan fingerprint density at radius 1 is 0.880 bits per heavy atom. The summed E-state index contributed by atoms with van der Waals surface area (Å²) in [7, 11) is 0. The summed E-state index contributed by atoms with van der Waals surface area (Å²) in [5, 5.41) is 18.3. The first-order valence-corrected chi connectivity index (χ1v) is 8.53. The summed E-state index contributed by atoms with van der Waals surface area (Å²) >= 11 is 5.90. The highest BCUT2D eigenvalue weighted by Gasteiger charge is 2.02. The maximum atomic E-state index is 9.01. The van der Waals surface area contributed by atoms with Crippen molar-refractivity contribution in [2.24, 2.45) is 0 Å². The Balaban J connectivity index is 1.47. The molecule has 1 heterocycles. The Morgan fingerprint density at radius 2 is 1.64 bits per heavy atom. The SMILES string of the molecule is OCc1ccc(OCCCc2ccc(-c3ccc(Cl)cc3)nn2)cc1. The first-order valence-electron chi connectivity index (χ1n) is 8.16. The molecule has 0 saturated carbocycles. The molecular formula is C20H19ClN2O2. The van der Waals surface area contributed by atoms with Gasteiger partial charge in [-0.3, -0.25) is 0 Å². The van der Waals surface area contributed by atoms with Gasteiger partial charge in [0.25, 0.3) is 0 Å². The van der Waals surface area contributed by atoms with E-state index in [0.29, 0.717) is 11.6 Å². The third-order valence-corrected chi connectivity index (χ3v) is 4.06. The van der Waals surface area contributed by atoms with Crippen molar-refractivity contribution >= 4 is 11.6 Å². The molecule has 0 aliphatic carbocycles. The second-order valence-corrected chi connectivity index (χ2v) is 6.11. The number of ether oxygens (including phenoxy) is 1. The minimum Gasteiger partial charge on any atom is -0.494 e. The second kappa shape index (κ2) is 8.60. The zero-order chi connectivity index (χ0) is 17.5. The number of benzene rings is 2. The van der Waals surface area contributed by atoms with Crippen molar-refractivity contribution in [2.45, 2.75) is 19.4 Å². The summed E-state index contributed by atoms with van der Waals surface area (Å²) in [5.74, 6) is 0.807. The molecule has 3 aromatic rings. The van der Waals surface area contributed by atoms with Gasteiger partial charge in [-0.05, 0) is 54.8 Å². The lowest BCUT2D eigenvalue weighted by Crippen LogP contribution is -2.01. The van der Waals surface area contributed by atoms with Crippen LogP contribution in [-0.4, -0.2) is 21.9 Å². The highest BCUT2D eigenvalue weighted by atomic mass is 35.5. The molecule has 128 valence electrons. The predicted molar refractivity (Wildman–Crippen MR) is 98.7 cm³/mol. The van der Waals surface area contributed by atoms with Crippen molar-refractivity contribution in [1.29, 1.82) is 0 Å². The lowest BCUT2D eigenvalue weighted by atomic mass is 10.1. The number of halogens is 1. The van der Waals surface area contributed by atoms with E-state index >= 15 is 0 Å². The normalized spacial score (nSPS) is 10.6. The van der Waals surface area contributed by atoms with Gasteiger partial charge in [-0.15, -0.1) is 0 Å². The summed E-state index contributed by atoms with van der Waals surface area (Å²) in [4.78, 5) is 0. The quantitative estimate of drug-likeness (QED) is 0.643. The Kier molecular flexibility index (Phi) is 5.99. The highest BCUT2D eigenvalue weighted by molar-refractivity contribution is 6.30. The van der Waals surface area contributed by atoms with Crippen LogP contribution in [0.15, 0.2) is 60.7 Å². The van der Waals surface area contributed by atoms with Crippen LogP contribution in [0.2, 0.25) is 5.02 Å². The Morgan fingerprint density at radius 3 is 2.28 bits per heavy atom. The van der Waals surface area contributed by atoms with Gasteiger partial charge in [-0.2, -0.15) is 10.2 Å². The maximum absolute atomic E-state index is 9.01. The van der Waals surface area contributed by atoms with Crippen LogP contribution in [0.5, 0.6) is 5.75 Å². The first-order chi connectivity index (χ1) is 12.2. The van der Waals surface area contributed by atoms with Crippen molar-refractivity contribution in [3.63, 3.8) is 0 Å². The number of hydrogen-bond donors (Lipinski definition) is 1. The van der Waals surface area contributed by atoms with Crippen LogP contribution in [0.3, 0.4) is 0 Å². The summed E-state index contributed by atoms with van der Waals surface area (Å²) in [6, 6.07) is 19.0. The standard InChI is InChI=1S/C20H19ClN2O2/c21-17-7-5-16(6-8-17)20-12-9-18(22-23-20)2-1-13-25-19-10-3-15(14-24)4-11-19/h3-12,24H,1-2,13-14H2. The number of aliphatic hydroxyl groups is 1. The summed E-state index contributed by atoms with van der Waals surface area (Å²) in [6.07, 6.45) is 1.67. The molecule has 0 amide bonds. The molecule has 0 saturated heterocycles. The first kappa shape index (κ1) is 17.4. The molecule has 0 fully saturated rings. The Labute approximate surface area is 152 Å². The fourth-order valence-corrected chi connectivity index (χ4v) is 2.53. The van der Waals surface area contributed by atoms with E-state index < -0.39 is 0 Å². The topological polar surface area (TPSA) is 55.2 Å². The van der Waals surface area contributed by atoms with E-state index in [-0.39, 0.29) is 6.61 Å². The molecule has 0 unspecified atom stereocenters. The molecule has 0 atom stereocenters. The van der Waals surface area contributed by atoms with Gasteiger partial charge >= 0.3 is 0 Å². The monoisotopic (exact) mass is 354 g/mol. The fourth-order valence-electron chi connectivity index (χ4n) is 2.40. The van der Waals surface area contributed by atoms with Crippen molar-refractivity contribution in [3.05, 3.63) is 76.9 Å². The maximum Gasteiger partial charge on any atom is 0.119 e. The molecule has 4 nitrogen and oxygen atoms in total. The number of aliphatic hydroxyl groups excluding tert-OH is 1. The van der Waals surface area contributed by atoms with Crippen LogP contribution in [0.25, 0.3) is 11.3 Å². The van der Waals surface area contributed by atoms with Crippen molar-refractivity contribution in [3.8, 4) is 17.0 Å². The molecule has 2 aromatic carbocycles. The molecule has 3 rings (SSSR count). The number of rotatable bonds is 7. The predicted octanol–water partition coefficient (Wildman–Crippen LogP) is 4.30. The molecule has 25 heavy (non-hydrogen) atoms. The molecule has 5 heteroatoms. The van der Waals surface area contributed by atoms with Crippen molar-refractivity contribution < 1.29 is 9.84 Å². The highest BCUT2D eigenvalue weighted by Crippen LogP contribution is 2.19. The van der Waals surface area contributed by atoms with Crippen LogP contribution >= 0.6 is 11.6 Å². The number of aryl methyl sites for hydroxylation is 1. The molecule has 0 bridgehead atoms. The molecule has 0 aliphatic heterocycles. The van der Waals surface area contributed by atoms with E-state index in [1.54, 1.807) is 0 Å². The van der Waals surface area contributed by atoms with Gasteiger partial charge in [0.1, 0.15) is 5.75 Å². The largest absolute Gasteiger partial charge is 0.494 e. The van der Waals surface area contributed by atoms with Crippen LogP contribution in [0.4, 0.5) is 0 Å². The van der Waals surface area contributed by atoms with E-state index in [9.17, 15) is 0 Å². The zero-order valence-corrected chi connectivity index (χ0v) is 14.5. The third-order valence-electron chi connectivity index (χ3n) is 3.81. The molecular weight excluding hydrogens is 336 g/mol. The zero-order valence-electron chi connectivity index (χ0n) is 13.7. The second-order valence-electron chi connectivity index (χ2n) is 5.67. The summed E-state index contributed by atoms with van der Waals surface area (Å²) in [6.45, 7) is 0.657. The smallest absolute Gasteiger partial charge is 0.119 e.